The topological polar surface area (TPSA) is 3.24 Å². The van der Waals surface area contributed by atoms with Crippen molar-refractivity contribution < 1.29 is 0 Å². The first-order valence-corrected chi connectivity index (χ1v) is 22.4. The minimum atomic E-state index is 0.171. The SMILES string of the molecule is C#CC/C(=C\C=C/C)N(C(=C)C=C)c1ccccc1.CCC1=C(C)c2ccc(/C=C/c3ccc4c(-c5ccccc5)c(-c5ccccc5)c5ccccc5c4c3)cc2C1(CC)CC. The molecule has 0 bridgehead atoms. The summed E-state index contributed by atoms with van der Waals surface area (Å²) in [5.74, 6) is 2.69. The molecule has 1 aliphatic carbocycles. The zero-order valence-corrected chi connectivity index (χ0v) is 37.7. The van der Waals surface area contributed by atoms with E-state index in [1.165, 1.54) is 71.6 Å². The van der Waals surface area contributed by atoms with Crippen LogP contribution in [-0.2, 0) is 5.41 Å². The van der Waals surface area contributed by atoms with Crippen molar-refractivity contribution in [1.29, 1.82) is 0 Å². The van der Waals surface area contributed by atoms with Crippen LogP contribution in [0.3, 0.4) is 0 Å². The van der Waals surface area contributed by atoms with Crippen LogP contribution in [0.25, 0.3) is 61.5 Å². The summed E-state index contributed by atoms with van der Waals surface area (Å²) in [5, 5.41) is 5.15. The molecule has 0 radical (unpaired) electrons. The van der Waals surface area contributed by atoms with Crippen molar-refractivity contribution in [2.45, 2.75) is 65.7 Å². The summed E-state index contributed by atoms with van der Waals surface area (Å²) in [6.07, 6.45) is 21.7. The Hall–Kier alpha value is -7.14. The second-order valence-electron chi connectivity index (χ2n) is 16.1. The smallest absolute Gasteiger partial charge is 0.0495 e. The van der Waals surface area contributed by atoms with E-state index < -0.39 is 0 Å². The molecule has 0 amide bonds. The van der Waals surface area contributed by atoms with Crippen LogP contribution < -0.4 is 4.90 Å². The monoisotopic (exact) mass is 817 g/mol. The van der Waals surface area contributed by atoms with Gasteiger partial charge in [0, 0.05) is 28.9 Å². The van der Waals surface area contributed by atoms with Crippen molar-refractivity contribution in [3.63, 3.8) is 0 Å². The number of allylic oxidation sites excluding steroid dienone is 7. The Morgan fingerprint density at radius 2 is 1.21 bits per heavy atom. The molecule has 7 aromatic carbocycles. The molecular weight excluding hydrogens is 759 g/mol. The standard InChI is InChI=1S/C44H40.C18H19N/c1-5-40-30(4)35-26-24-32(29-41(35)44(40,6-2)7-3)23-22-31-25-27-38-39(28-31)36-20-14-15-21-37(36)42(33-16-10-8-11-17-33)43(38)34-18-12-9-13-19-34;1-5-8-13-17(12-6-2)19(16(4)7-3)18-14-10-9-11-15-18/h8-29H,5-7H2,1-4H3;2,5,7-11,13-15H,3-4,12H2,1H3/b23-22+;8-5-,17-13+. The Balaban J connectivity index is 0.000000264. The van der Waals surface area contributed by atoms with Crippen molar-refractivity contribution in [1.82, 2.24) is 0 Å². The van der Waals surface area contributed by atoms with E-state index in [9.17, 15) is 0 Å². The molecule has 0 atom stereocenters. The van der Waals surface area contributed by atoms with Gasteiger partial charge in [-0.2, -0.15) is 0 Å². The van der Waals surface area contributed by atoms with Gasteiger partial charge in [0.1, 0.15) is 0 Å². The quantitative estimate of drug-likeness (QED) is 0.0485. The number of fused-ring (bicyclic) bond motifs is 4. The fourth-order valence-electron chi connectivity index (χ4n) is 9.76. The predicted molar refractivity (Wildman–Crippen MR) is 277 cm³/mol. The van der Waals surface area contributed by atoms with Crippen LogP contribution in [0.4, 0.5) is 5.69 Å². The van der Waals surface area contributed by atoms with Crippen molar-refractivity contribution in [3.8, 4) is 34.6 Å². The van der Waals surface area contributed by atoms with Gasteiger partial charge in [-0.05, 0) is 135 Å². The molecule has 0 saturated carbocycles. The fraction of sp³-hybridized carbons (Fsp3) is 0.161. The summed E-state index contributed by atoms with van der Waals surface area (Å²) < 4.78 is 0. The van der Waals surface area contributed by atoms with Gasteiger partial charge in [0.15, 0.2) is 0 Å². The number of rotatable bonds is 13. The summed E-state index contributed by atoms with van der Waals surface area (Å²) in [6.45, 7) is 19.2. The molecule has 1 aliphatic rings. The number of para-hydroxylation sites is 1. The van der Waals surface area contributed by atoms with Crippen LogP contribution in [0.15, 0.2) is 206 Å². The zero-order chi connectivity index (χ0) is 44.3. The number of anilines is 1. The predicted octanol–water partition coefficient (Wildman–Crippen LogP) is 17.4. The first kappa shape index (κ1) is 43.9. The summed E-state index contributed by atoms with van der Waals surface area (Å²) in [7, 11) is 0. The van der Waals surface area contributed by atoms with Gasteiger partial charge in [0.2, 0.25) is 0 Å². The van der Waals surface area contributed by atoms with Crippen LogP contribution in [0.1, 0.15) is 82.6 Å². The molecule has 0 aromatic heterocycles. The maximum Gasteiger partial charge on any atom is 0.0495 e. The van der Waals surface area contributed by atoms with Gasteiger partial charge in [0.25, 0.3) is 0 Å². The van der Waals surface area contributed by atoms with Gasteiger partial charge in [-0.25, -0.2) is 0 Å². The Labute approximate surface area is 376 Å². The number of hydrogen-bond acceptors (Lipinski definition) is 1. The molecule has 0 unspecified atom stereocenters. The van der Waals surface area contributed by atoms with E-state index in [1.54, 1.807) is 11.6 Å². The summed E-state index contributed by atoms with van der Waals surface area (Å²) in [5.41, 5.74) is 16.7. The summed E-state index contributed by atoms with van der Waals surface area (Å²) >= 11 is 0. The van der Waals surface area contributed by atoms with Crippen molar-refractivity contribution >= 4 is 45.0 Å². The van der Waals surface area contributed by atoms with Gasteiger partial charge in [0.05, 0.1) is 0 Å². The normalized spacial score (nSPS) is 13.2. The molecule has 0 spiro atoms. The van der Waals surface area contributed by atoms with E-state index in [1.807, 2.05) is 60.4 Å². The third-order valence-corrected chi connectivity index (χ3v) is 12.8. The van der Waals surface area contributed by atoms with Crippen molar-refractivity contribution in [2.24, 2.45) is 0 Å². The van der Waals surface area contributed by atoms with Crippen LogP contribution in [-0.4, -0.2) is 0 Å². The Morgan fingerprint density at radius 3 is 1.76 bits per heavy atom. The lowest BCUT2D eigenvalue weighted by Gasteiger charge is -2.32. The molecular formula is C62H59N. The molecule has 312 valence electrons. The van der Waals surface area contributed by atoms with Crippen molar-refractivity contribution in [3.05, 3.63) is 228 Å². The first-order chi connectivity index (χ1) is 30.8. The van der Waals surface area contributed by atoms with Crippen molar-refractivity contribution in [2.75, 3.05) is 4.90 Å². The third-order valence-electron chi connectivity index (χ3n) is 12.8. The minimum absolute atomic E-state index is 0.171. The highest BCUT2D eigenvalue weighted by Gasteiger charge is 2.40. The number of benzene rings is 7. The number of nitrogens with zero attached hydrogens (tertiary/aromatic N) is 1. The highest BCUT2D eigenvalue weighted by atomic mass is 15.1. The van der Waals surface area contributed by atoms with E-state index in [4.69, 9.17) is 6.42 Å². The first-order valence-electron chi connectivity index (χ1n) is 22.4. The zero-order valence-electron chi connectivity index (χ0n) is 37.7. The molecule has 0 aliphatic heterocycles. The number of terminal acetylenes is 1. The van der Waals surface area contributed by atoms with Crippen LogP contribution in [0.5, 0.6) is 0 Å². The van der Waals surface area contributed by atoms with E-state index in [0.717, 1.165) is 36.3 Å². The lowest BCUT2D eigenvalue weighted by molar-refractivity contribution is 0.465. The lowest BCUT2D eigenvalue weighted by Crippen LogP contribution is -2.24. The maximum absolute atomic E-state index is 5.46. The van der Waals surface area contributed by atoms with Crippen LogP contribution >= 0.6 is 0 Å². The molecule has 63 heavy (non-hydrogen) atoms. The van der Waals surface area contributed by atoms with Gasteiger partial charge >= 0.3 is 0 Å². The third kappa shape index (κ3) is 8.82. The van der Waals surface area contributed by atoms with Crippen LogP contribution in [0, 0.1) is 12.3 Å². The lowest BCUT2D eigenvalue weighted by atomic mass is 9.72. The maximum atomic E-state index is 5.46. The fourth-order valence-corrected chi connectivity index (χ4v) is 9.76. The molecule has 1 nitrogen and oxygen atoms in total. The molecule has 0 heterocycles. The molecule has 0 saturated heterocycles. The molecule has 1 heteroatoms. The summed E-state index contributed by atoms with van der Waals surface area (Å²) in [6, 6.07) is 54.7. The molecule has 8 rings (SSSR count). The van der Waals surface area contributed by atoms with E-state index in [-0.39, 0.29) is 5.41 Å². The average molecular weight is 818 g/mol. The Kier molecular flexibility index (Phi) is 14.1. The minimum Gasteiger partial charge on any atom is -0.314 e. The Bertz CT molecular complexity index is 2910. The second-order valence-corrected chi connectivity index (χ2v) is 16.1. The average Bonchev–Trinajstić information content (AvgIpc) is 3.58. The highest BCUT2D eigenvalue weighted by molar-refractivity contribution is 6.22. The van der Waals surface area contributed by atoms with Gasteiger partial charge < -0.3 is 4.90 Å². The molecule has 0 N–H and O–H groups in total. The largest absolute Gasteiger partial charge is 0.314 e. The van der Waals surface area contributed by atoms with Crippen LogP contribution in [0.2, 0.25) is 0 Å². The van der Waals surface area contributed by atoms with Gasteiger partial charge in [-0.1, -0.05) is 197 Å². The summed E-state index contributed by atoms with van der Waals surface area (Å²) in [4.78, 5) is 2.02. The second kappa shape index (κ2) is 20.2. The van der Waals surface area contributed by atoms with E-state index >= 15 is 0 Å². The van der Waals surface area contributed by atoms with E-state index in [0.29, 0.717) is 6.42 Å². The van der Waals surface area contributed by atoms with Gasteiger partial charge in [-0.15, -0.1) is 12.3 Å². The molecule has 7 aromatic rings. The Morgan fingerprint density at radius 1 is 0.667 bits per heavy atom. The van der Waals surface area contributed by atoms with E-state index in [2.05, 4.69) is 180 Å². The molecule has 0 fully saturated rings. The highest BCUT2D eigenvalue weighted by Crippen LogP contribution is 2.52. The number of hydrogen-bond donors (Lipinski definition) is 0. The van der Waals surface area contributed by atoms with Gasteiger partial charge in [-0.3, -0.25) is 0 Å².